The van der Waals surface area contributed by atoms with Crippen LogP contribution in [0.1, 0.15) is 15.9 Å². The molecule has 19 heavy (non-hydrogen) atoms. The van der Waals surface area contributed by atoms with Crippen molar-refractivity contribution in [3.8, 4) is 0 Å². The van der Waals surface area contributed by atoms with Gasteiger partial charge in [0.1, 0.15) is 0 Å². The van der Waals surface area contributed by atoms with E-state index in [1.165, 1.54) is 12.1 Å². The maximum absolute atomic E-state index is 13.0. The third-order valence-electron chi connectivity index (χ3n) is 2.48. The highest BCUT2D eigenvalue weighted by atomic mass is 79.9. The van der Waals surface area contributed by atoms with Gasteiger partial charge in [0.05, 0.1) is 0 Å². The van der Waals surface area contributed by atoms with Crippen LogP contribution >= 0.6 is 15.9 Å². The first-order valence-electron chi connectivity index (χ1n) is 5.49. The Morgan fingerprint density at radius 1 is 1.05 bits per heavy atom. The highest BCUT2D eigenvalue weighted by molar-refractivity contribution is 9.10. The van der Waals surface area contributed by atoms with Crippen LogP contribution in [-0.2, 0) is 0 Å². The van der Waals surface area contributed by atoms with Crippen molar-refractivity contribution >= 4 is 27.8 Å². The van der Waals surface area contributed by atoms with Gasteiger partial charge in [-0.05, 0) is 42.0 Å². The Hall–Kier alpha value is -1.81. The monoisotopic (exact) mass is 322 g/mol. The molecular weight excluding hydrogens is 314 g/mol. The number of carbonyl (C=O) groups excluding carboxylic acids is 1. The second kappa shape index (κ2) is 5.89. The summed E-state index contributed by atoms with van der Waals surface area (Å²) in [5.41, 5.74) is 0.954. The molecule has 0 bridgehead atoms. The van der Waals surface area contributed by atoms with Crippen molar-refractivity contribution in [2.24, 2.45) is 0 Å². The van der Waals surface area contributed by atoms with Gasteiger partial charge in [0.2, 0.25) is 0 Å². The molecular formula is C15H9BrF2O. The van der Waals surface area contributed by atoms with Crippen LogP contribution in [0.2, 0.25) is 0 Å². The van der Waals surface area contributed by atoms with Gasteiger partial charge < -0.3 is 0 Å². The van der Waals surface area contributed by atoms with Gasteiger partial charge >= 0.3 is 0 Å². The molecule has 96 valence electrons. The zero-order valence-corrected chi connectivity index (χ0v) is 11.3. The largest absolute Gasteiger partial charge is 0.289 e. The summed E-state index contributed by atoms with van der Waals surface area (Å²) >= 11 is 3.32. The highest BCUT2D eigenvalue weighted by Crippen LogP contribution is 2.14. The van der Waals surface area contributed by atoms with Gasteiger partial charge in [-0.15, -0.1) is 0 Å². The highest BCUT2D eigenvalue weighted by Gasteiger charge is 2.06. The zero-order valence-electron chi connectivity index (χ0n) is 9.74. The topological polar surface area (TPSA) is 17.1 Å². The molecule has 0 aliphatic heterocycles. The Balaban J connectivity index is 2.19. The van der Waals surface area contributed by atoms with E-state index in [4.69, 9.17) is 0 Å². The van der Waals surface area contributed by atoms with E-state index in [2.05, 4.69) is 15.9 Å². The van der Waals surface area contributed by atoms with Crippen LogP contribution in [0.4, 0.5) is 8.78 Å². The smallest absolute Gasteiger partial charge is 0.185 e. The number of hydrogen-bond acceptors (Lipinski definition) is 1. The summed E-state index contributed by atoms with van der Waals surface area (Å²) < 4.78 is 26.6. The van der Waals surface area contributed by atoms with Crippen molar-refractivity contribution in [3.05, 3.63) is 75.8 Å². The Kier molecular flexibility index (Phi) is 4.22. The Morgan fingerprint density at radius 2 is 1.84 bits per heavy atom. The third kappa shape index (κ3) is 3.58. The molecule has 2 aromatic rings. The van der Waals surface area contributed by atoms with Gasteiger partial charge in [0.25, 0.3) is 0 Å². The Morgan fingerprint density at radius 3 is 2.53 bits per heavy atom. The fourth-order valence-corrected chi connectivity index (χ4v) is 1.94. The minimum Gasteiger partial charge on any atom is -0.289 e. The molecule has 0 saturated carbocycles. The molecule has 0 heterocycles. The molecule has 1 nitrogen and oxygen atoms in total. The second-order valence-electron chi connectivity index (χ2n) is 3.88. The summed E-state index contributed by atoms with van der Waals surface area (Å²) in [6.07, 6.45) is 2.95. The number of allylic oxidation sites excluding steroid dienone is 1. The van der Waals surface area contributed by atoms with Crippen LogP contribution in [0.3, 0.4) is 0 Å². The zero-order chi connectivity index (χ0) is 13.8. The quantitative estimate of drug-likeness (QED) is 0.595. The van der Waals surface area contributed by atoms with Crippen LogP contribution in [-0.4, -0.2) is 5.78 Å². The van der Waals surface area contributed by atoms with E-state index in [1.54, 1.807) is 6.08 Å². The van der Waals surface area contributed by atoms with Gasteiger partial charge in [-0.1, -0.05) is 34.1 Å². The summed E-state index contributed by atoms with van der Waals surface area (Å²) in [5, 5.41) is 0. The molecule has 0 spiro atoms. The molecule has 0 atom stereocenters. The number of rotatable bonds is 3. The van der Waals surface area contributed by atoms with Crippen molar-refractivity contribution in [3.63, 3.8) is 0 Å². The molecule has 0 aromatic heterocycles. The average molecular weight is 323 g/mol. The number of carbonyl (C=O) groups is 1. The lowest BCUT2D eigenvalue weighted by Crippen LogP contribution is -1.96. The molecule has 0 fully saturated rings. The maximum Gasteiger partial charge on any atom is 0.185 e. The van der Waals surface area contributed by atoms with Crippen LogP contribution in [0.25, 0.3) is 6.08 Å². The van der Waals surface area contributed by atoms with Crippen molar-refractivity contribution in [1.82, 2.24) is 0 Å². The molecule has 0 N–H and O–H groups in total. The van der Waals surface area contributed by atoms with Gasteiger partial charge in [-0.25, -0.2) is 8.78 Å². The lowest BCUT2D eigenvalue weighted by atomic mass is 10.1. The minimum atomic E-state index is -1.03. The minimum absolute atomic E-state index is 0.116. The van der Waals surface area contributed by atoms with Crippen molar-refractivity contribution in [1.29, 1.82) is 0 Å². The molecule has 0 aliphatic rings. The molecule has 4 heteroatoms. The molecule has 0 radical (unpaired) electrons. The predicted octanol–water partition coefficient (Wildman–Crippen LogP) is 4.62. The molecule has 2 rings (SSSR count). The van der Waals surface area contributed by atoms with Crippen molar-refractivity contribution in [2.45, 2.75) is 0 Å². The van der Waals surface area contributed by atoms with Crippen LogP contribution in [0.15, 0.2) is 53.0 Å². The summed E-state index contributed by atoms with van der Waals surface area (Å²) in [6.45, 7) is 0. The van der Waals surface area contributed by atoms with Crippen LogP contribution in [0.5, 0.6) is 0 Å². The Labute approximate surface area is 117 Å². The first-order chi connectivity index (χ1) is 9.06. The molecule has 0 amide bonds. The van der Waals surface area contributed by atoms with E-state index >= 15 is 0 Å². The van der Waals surface area contributed by atoms with Gasteiger partial charge in [-0.2, -0.15) is 0 Å². The SMILES string of the molecule is O=C(/C=C/c1cccc(Br)c1)c1ccc(F)c(F)c1. The summed E-state index contributed by atoms with van der Waals surface area (Å²) in [7, 11) is 0. The predicted molar refractivity (Wildman–Crippen MR) is 73.9 cm³/mol. The molecule has 2 aromatic carbocycles. The maximum atomic E-state index is 13.0. The van der Waals surface area contributed by atoms with Crippen LogP contribution < -0.4 is 0 Å². The van der Waals surface area contributed by atoms with E-state index in [0.717, 1.165) is 22.2 Å². The molecule has 0 aliphatic carbocycles. The normalized spacial score (nSPS) is 10.9. The van der Waals surface area contributed by atoms with Gasteiger partial charge in [0, 0.05) is 10.0 Å². The molecule has 0 unspecified atom stereocenters. The van der Waals surface area contributed by atoms with Crippen molar-refractivity contribution < 1.29 is 13.6 Å². The number of halogens is 3. The van der Waals surface area contributed by atoms with Gasteiger partial charge in [0.15, 0.2) is 17.4 Å². The first-order valence-corrected chi connectivity index (χ1v) is 6.28. The van der Waals surface area contributed by atoms with E-state index in [9.17, 15) is 13.6 Å². The Bertz CT molecular complexity index is 650. The molecule has 0 saturated heterocycles. The summed E-state index contributed by atoms with van der Waals surface area (Å²) in [6, 6.07) is 10.5. The third-order valence-corrected chi connectivity index (χ3v) is 2.97. The second-order valence-corrected chi connectivity index (χ2v) is 4.80. The van der Waals surface area contributed by atoms with Gasteiger partial charge in [-0.3, -0.25) is 4.79 Å². The lowest BCUT2D eigenvalue weighted by Gasteiger charge is -1.98. The van der Waals surface area contributed by atoms with E-state index in [0.29, 0.717) is 0 Å². The fraction of sp³-hybridized carbons (Fsp3) is 0. The van der Waals surface area contributed by atoms with Crippen LogP contribution in [0, 0.1) is 11.6 Å². The first kappa shape index (κ1) is 13.6. The van der Waals surface area contributed by atoms with E-state index < -0.39 is 11.6 Å². The number of hydrogen-bond donors (Lipinski definition) is 0. The standard InChI is InChI=1S/C15H9BrF2O/c16-12-3-1-2-10(8-12)4-7-15(19)11-5-6-13(17)14(18)9-11/h1-9H/b7-4+. The number of benzene rings is 2. The number of ketones is 1. The van der Waals surface area contributed by atoms with Crippen molar-refractivity contribution in [2.75, 3.05) is 0 Å². The lowest BCUT2D eigenvalue weighted by molar-refractivity contribution is 0.104. The fourth-order valence-electron chi connectivity index (χ4n) is 1.53. The van der Waals surface area contributed by atoms with E-state index in [-0.39, 0.29) is 11.3 Å². The van der Waals surface area contributed by atoms with E-state index in [1.807, 2.05) is 24.3 Å². The summed E-state index contributed by atoms with van der Waals surface area (Å²) in [5.74, 6) is -2.37. The summed E-state index contributed by atoms with van der Waals surface area (Å²) in [4.78, 5) is 11.8. The average Bonchev–Trinajstić information content (AvgIpc) is 2.39.